The van der Waals surface area contributed by atoms with Gasteiger partial charge >= 0.3 is 0 Å². The van der Waals surface area contributed by atoms with Crippen LogP contribution in [0.2, 0.25) is 0 Å². The third kappa shape index (κ3) is 4.65. The number of nitrogens with two attached hydrogens (primary N) is 1. The van der Waals surface area contributed by atoms with E-state index < -0.39 is 0 Å². The van der Waals surface area contributed by atoms with Crippen LogP contribution < -0.4 is 11.1 Å². The number of pyridine rings is 1. The van der Waals surface area contributed by atoms with E-state index in [1.54, 1.807) is 0 Å². The van der Waals surface area contributed by atoms with Gasteiger partial charge in [0, 0.05) is 37.6 Å². The monoisotopic (exact) mass is 407 g/mol. The van der Waals surface area contributed by atoms with Gasteiger partial charge in [-0.05, 0) is 38.3 Å². The van der Waals surface area contributed by atoms with Crippen molar-refractivity contribution < 1.29 is 4.74 Å². The standard InChI is InChI=1S/C24H33N5O/c1-2-3-11-21-28-22-23(19-9-5-6-10-20(19)27-24(22)25)29(21)15-8-4-7-14-26-18-12-16-30-17-13-18/h4-6,8-10,18,26H,2-3,7,11-17H2,1H3,(H2,25,27)/b8-4+. The third-order valence-corrected chi connectivity index (χ3v) is 5.86. The molecule has 0 unspecified atom stereocenters. The third-order valence-electron chi connectivity index (χ3n) is 5.86. The predicted octanol–water partition coefficient (Wildman–Crippen LogP) is 4.22. The zero-order chi connectivity index (χ0) is 20.8. The minimum Gasteiger partial charge on any atom is -0.382 e. The molecule has 1 aliphatic heterocycles. The molecule has 0 spiro atoms. The van der Waals surface area contributed by atoms with Gasteiger partial charge in [-0.3, -0.25) is 0 Å². The Morgan fingerprint density at radius 3 is 2.87 bits per heavy atom. The largest absolute Gasteiger partial charge is 0.382 e. The highest BCUT2D eigenvalue weighted by Crippen LogP contribution is 2.29. The molecule has 30 heavy (non-hydrogen) atoms. The predicted molar refractivity (Wildman–Crippen MR) is 124 cm³/mol. The van der Waals surface area contributed by atoms with Gasteiger partial charge in [-0.15, -0.1) is 0 Å². The summed E-state index contributed by atoms with van der Waals surface area (Å²) in [7, 11) is 0. The molecule has 160 valence electrons. The molecule has 4 rings (SSSR count). The molecule has 0 saturated carbocycles. The summed E-state index contributed by atoms with van der Waals surface area (Å²) in [6, 6.07) is 8.80. The quantitative estimate of drug-likeness (QED) is 0.410. The number of hydrogen-bond donors (Lipinski definition) is 2. The zero-order valence-electron chi connectivity index (χ0n) is 17.9. The van der Waals surface area contributed by atoms with Crippen molar-refractivity contribution in [1.82, 2.24) is 19.9 Å². The van der Waals surface area contributed by atoms with Crippen LogP contribution in [0.4, 0.5) is 5.82 Å². The Morgan fingerprint density at radius 2 is 2.03 bits per heavy atom. The fourth-order valence-corrected chi connectivity index (χ4v) is 4.20. The van der Waals surface area contributed by atoms with Crippen molar-refractivity contribution in [3.8, 4) is 0 Å². The molecule has 6 nitrogen and oxygen atoms in total. The maximum absolute atomic E-state index is 6.28. The summed E-state index contributed by atoms with van der Waals surface area (Å²) >= 11 is 0. The Labute approximate surface area is 178 Å². The molecule has 0 atom stereocenters. The zero-order valence-corrected chi connectivity index (χ0v) is 17.9. The van der Waals surface area contributed by atoms with Crippen molar-refractivity contribution in [2.45, 2.75) is 58.0 Å². The van der Waals surface area contributed by atoms with E-state index in [1.165, 1.54) is 0 Å². The number of nitrogens with zero attached hydrogens (tertiary/aromatic N) is 3. The second-order valence-corrected chi connectivity index (χ2v) is 8.05. The maximum atomic E-state index is 6.28. The van der Waals surface area contributed by atoms with Crippen molar-refractivity contribution in [2.75, 3.05) is 25.5 Å². The molecule has 1 saturated heterocycles. The Bertz CT molecular complexity index is 1000. The number of rotatable bonds is 9. The maximum Gasteiger partial charge on any atom is 0.152 e. The van der Waals surface area contributed by atoms with Crippen LogP contribution >= 0.6 is 0 Å². The topological polar surface area (TPSA) is 78.0 Å². The highest BCUT2D eigenvalue weighted by molar-refractivity contribution is 6.06. The van der Waals surface area contributed by atoms with Crippen LogP contribution in [0.3, 0.4) is 0 Å². The van der Waals surface area contributed by atoms with Gasteiger partial charge in [-0.25, -0.2) is 9.97 Å². The van der Waals surface area contributed by atoms with Crippen molar-refractivity contribution in [3.63, 3.8) is 0 Å². The van der Waals surface area contributed by atoms with E-state index in [0.717, 1.165) is 92.6 Å². The highest BCUT2D eigenvalue weighted by atomic mass is 16.5. The van der Waals surface area contributed by atoms with Crippen LogP contribution in [0.1, 0.15) is 44.9 Å². The summed E-state index contributed by atoms with van der Waals surface area (Å²) in [5, 5.41) is 4.76. The van der Waals surface area contributed by atoms with Gasteiger partial charge in [0.1, 0.15) is 11.3 Å². The SMILES string of the molecule is CCCCc1nc2c(N)nc3ccccc3c2n1C/C=C/CCNC1CCOCC1. The summed E-state index contributed by atoms with van der Waals surface area (Å²) in [4.78, 5) is 9.46. The smallest absolute Gasteiger partial charge is 0.152 e. The van der Waals surface area contributed by atoms with Crippen LogP contribution in [-0.2, 0) is 17.7 Å². The second kappa shape index (κ2) is 10.0. The lowest BCUT2D eigenvalue weighted by Gasteiger charge is -2.22. The Hall–Kier alpha value is -2.44. The fraction of sp³-hybridized carbons (Fsp3) is 0.500. The number of imidazole rings is 1. The van der Waals surface area contributed by atoms with E-state index >= 15 is 0 Å². The van der Waals surface area contributed by atoms with Crippen LogP contribution in [-0.4, -0.2) is 40.3 Å². The van der Waals surface area contributed by atoms with Gasteiger partial charge in [0.05, 0.1) is 11.0 Å². The summed E-state index contributed by atoms with van der Waals surface area (Å²) in [6.45, 7) is 5.79. The number of benzene rings is 1. The Kier molecular flexibility index (Phi) is 6.97. The number of anilines is 1. The summed E-state index contributed by atoms with van der Waals surface area (Å²) in [6.07, 6.45) is 11.0. The number of para-hydroxylation sites is 1. The first-order valence-electron chi connectivity index (χ1n) is 11.3. The van der Waals surface area contributed by atoms with Gasteiger partial charge in [0.2, 0.25) is 0 Å². The molecule has 0 aliphatic carbocycles. The first-order chi connectivity index (χ1) is 14.8. The van der Waals surface area contributed by atoms with Crippen molar-refractivity contribution in [1.29, 1.82) is 0 Å². The summed E-state index contributed by atoms with van der Waals surface area (Å²) < 4.78 is 7.75. The number of unbranched alkanes of at least 4 members (excludes halogenated alkanes) is 1. The molecule has 0 bridgehead atoms. The first-order valence-corrected chi connectivity index (χ1v) is 11.3. The molecule has 3 N–H and O–H groups in total. The molecule has 3 aromatic rings. The van der Waals surface area contributed by atoms with E-state index in [1.807, 2.05) is 12.1 Å². The number of fused-ring (bicyclic) bond motifs is 3. The molecular weight excluding hydrogens is 374 g/mol. The molecule has 1 aromatic carbocycles. The average molecular weight is 408 g/mol. The van der Waals surface area contributed by atoms with Crippen LogP contribution in [0.25, 0.3) is 21.9 Å². The van der Waals surface area contributed by atoms with Crippen LogP contribution in [0.15, 0.2) is 36.4 Å². The molecule has 2 aromatic heterocycles. The molecule has 0 radical (unpaired) electrons. The number of aromatic nitrogens is 3. The summed E-state index contributed by atoms with van der Waals surface area (Å²) in [5.74, 6) is 1.62. The van der Waals surface area contributed by atoms with Gasteiger partial charge in [0.15, 0.2) is 5.82 Å². The number of allylic oxidation sites excluding steroid dienone is 1. The highest BCUT2D eigenvalue weighted by Gasteiger charge is 2.16. The lowest BCUT2D eigenvalue weighted by atomic mass is 10.1. The normalized spacial score (nSPS) is 15.6. The molecule has 1 fully saturated rings. The van der Waals surface area contributed by atoms with E-state index in [-0.39, 0.29) is 0 Å². The number of nitrogen functional groups attached to an aromatic ring is 1. The molecule has 6 heteroatoms. The summed E-state index contributed by atoms with van der Waals surface area (Å²) in [5.41, 5.74) is 9.14. The Balaban J connectivity index is 1.52. The van der Waals surface area contributed by atoms with E-state index in [9.17, 15) is 0 Å². The molecule has 1 aliphatic rings. The molecule has 0 amide bonds. The van der Waals surface area contributed by atoms with Crippen molar-refractivity contribution in [2.24, 2.45) is 0 Å². The van der Waals surface area contributed by atoms with Crippen molar-refractivity contribution in [3.05, 3.63) is 42.2 Å². The van der Waals surface area contributed by atoms with E-state index in [2.05, 4.69) is 46.1 Å². The number of hydrogen-bond acceptors (Lipinski definition) is 5. The lowest BCUT2D eigenvalue weighted by Crippen LogP contribution is -2.35. The van der Waals surface area contributed by atoms with Crippen LogP contribution in [0, 0.1) is 0 Å². The average Bonchev–Trinajstić information content (AvgIpc) is 3.15. The van der Waals surface area contributed by atoms with E-state index in [0.29, 0.717) is 11.9 Å². The number of ether oxygens (including phenoxy) is 1. The Morgan fingerprint density at radius 1 is 1.20 bits per heavy atom. The van der Waals surface area contributed by atoms with Gasteiger partial charge in [0.25, 0.3) is 0 Å². The lowest BCUT2D eigenvalue weighted by molar-refractivity contribution is 0.0782. The minimum atomic E-state index is 0.518. The molecule has 3 heterocycles. The first kappa shape index (κ1) is 20.8. The van der Waals surface area contributed by atoms with Gasteiger partial charge in [-0.2, -0.15) is 0 Å². The van der Waals surface area contributed by atoms with Gasteiger partial charge < -0.3 is 20.4 Å². The van der Waals surface area contributed by atoms with Gasteiger partial charge in [-0.1, -0.05) is 43.7 Å². The number of aryl methyl sites for hydroxylation is 1. The van der Waals surface area contributed by atoms with Crippen molar-refractivity contribution >= 4 is 27.8 Å². The fourth-order valence-electron chi connectivity index (χ4n) is 4.20. The minimum absolute atomic E-state index is 0.518. The number of nitrogens with one attached hydrogen (secondary N) is 1. The van der Waals surface area contributed by atoms with Crippen LogP contribution in [0.5, 0.6) is 0 Å². The second-order valence-electron chi connectivity index (χ2n) is 8.05. The molecular formula is C24H33N5O. The van der Waals surface area contributed by atoms with E-state index in [4.69, 9.17) is 15.5 Å².